The highest BCUT2D eigenvalue weighted by Crippen LogP contribution is 2.21. The number of aromatic nitrogens is 1. The van der Waals surface area contributed by atoms with Gasteiger partial charge in [0.1, 0.15) is 0 Å². The predicted octanol–water partition coefficient (Wildman–Crippen LogP) is 2.73. The van der Waals surface area contributed by atoms with E-state index in [0.717, 1.165) is 30.8 Å². The molecule has 1 aromatic heterocycles. The predicted molar refractivity (Wildman–Crippen MR) is 83.8 cm³/mol. The number of para-hydroxylation sites is 1. The molecule has 2 aromatic rings. The molecule has 0 spiro atoms. The van der Waals surface area contributed by atoms with Crippen molar-refractivity contribution >= 4 is 10.9 Å². The van der Waals surface area contributed by atoms with Gasteiger partial charge in [-0.05, 0) is 57.6 Å². The van der Waals surface area contributed by atoms with E-state index in [9.17, 15) is 0 Å². The third-order valence-corrected chi connectivity index (χ3v) is 4.28. The Labute approximate surface area is 121 Å². The molecule has 1 aromatic carbocycles. The maximum Gasteiger partial charge on any atom is 0.0708 e. The van der Waals surface area contributed by atoms with Crippen molar-refractivity contribution in [2.75, 3.05) is 20.1 Å². The van der Waals surface area contributed by atoms with E-state index in [2.05, 4.69) is 59.5 Å². The van der Waals surface area contributed by atoms with Crippen LogP contribution in [0, 0.1) is 6.92 Å². The van der Waals surface area contributed by atoms with Gasteiger partial charge < -0.3 is 5.32 Å². The highest BCUT2D eigenvalue weighted by Gasteiger charge is 2.18. The van der Waals surface area contributed by atoms with Crippen molar-refractivity contribution in [2.45, 2.75) is 32.4 Å². The maximum atomic E-state index is 4.63. The lowest BCUT2D eigenvalue weighted by Crippen LogP contribution is -2.40. The highest BCUT2D eigenvalue weighted by atomic mass is 15.1. The van der Waals surface area contributed by atoms with Crippen molar-refractivity contribution in [2.24, 2.45) is 0 Å². The van der Waals surface area contributed by atoms with E-state index in [4.69, 9.17) is 0 Å². The molecule has 0 aliphatic carbocycles. The molecule has 106 valence electrons. The lowest BCUT2D eigenvalue weighted by atomic mass is 10.0. The largest absolute Gasteiger partial charge is 0.317 e. The minimum Gasteiger partial charge on any atom is -0.317 e. The van der Waals surface area contributed by atoms with Gasteiger partial charge in [0, 0.05) is 23.7 Å². The second kappa shape index (κ2) is 5.90. The van der Waals surface area contributed by atoms with Crippen LogP contribution in [-0.4, -0.2) is 36.1 Å². The van der Waals surface area contributed by atoms with Crippen LogP contribution >= 0.6 is 0 Å². The molecule has 1 aliphatic rings. The average molecular weight is 269 g/mol. The first-order valence-electron chi connectivity index (χ1n) is 7.50. The van der Waals surface area contributed by atoms with Gasteiger partial charge in [-0.1, -0.05) is 18.2 Å². The van der Waals surface area contributed by atoms with Crippen LogP contribution in [0.2, 0.25) is 0 Å². The summed E-state index contributed by atoms with van der Waals surface area (Å²) >= 11 is 0. The van der Waals surface area contributed by atoms with Gasteiger partial charge in [0.15, 0.2) is 0 Å². The molecule has 3 heteroatoms. The van der Waals surface area contributed by atoms with Crippen molar-refractivity contribution in [3.8, 4) is 0 Å². The average Bonchev–Trinajstić information content (AvgIpc) is 2.48. The molecule has 1 aliphatic heterocycles. The smallest absolute Gasteiger partial charge is 0.0708 e. The van der Waals surface area contributed by atoms with E-state index in [-0.39, 0.29) is 0 Å². The van der Waals surface area contributed by atoms with Gasteiger partial charge >= 0.3 is 0 Å². The fourth-order valence-electron chi connectivity index (χ4n) is 3.17. The van der Waals surface area contributed by atoms with Gasteiger partial charge in [0.2, 0.25) is 0 Å². The van der Waals surface area contributed by atoms with Gasteiger partial charge in [-0.2, -0.15) is 0 Å². The number of hydrogen-bond acceptors (Lipinski definition) is 3. The van der Waals surface area contributed by atoms with Crippen LogP contribution < -0.4 is 5.32 Å². The molecule has 0 radical (unpaired) electrons. The molecule has 0 atom stereocenters. The van der Waals surface area contributed by atoms with Crippen LogP contribution in [0.4, 0.5) is 0 Å². The maximum absolute atomic E-state index is 4.63. The van der Waals surface area contributed by atoms with Crippen LogP contribution in [0.3, 0.4) is 0 Å². The van der Waals surface area contributed by atoms with Crippen LogP contribution in [0.1, 0.15) is 24.1 Å². The molecule has 3 rings (SSSR count). The zero-order valence-electron chi connectivity index (χ0n) is 12.4. The van der Waals surface area contributed by atoms with Crippen LogP contribution in [0.15, 0.2) is 30.3 Å². The lowest BCUT2D eigenvalue weighted by molar-refractivity contribution is 0.192. The Morgan fingerprint density at radius 2 is 2.00 bits per heavy atom. The van der Waals surface area contributed by atoms with Crippen molar-refractivity contribution in [3.05, 3.63) is 41.6 Å². The lowest BCUT2D eigenvalue weighted by Gasteiger charge is -2.32. The van der Waals surface area contributed by atoms with Gasteiger partial charge in [-0.25, -0.2) is 0 Å². The summed E-state index contributed by atoms with van der Waals surface area (Å²) in [5, 5.41) is 4.73. The van der Waals surface area contributed by atoms with Crippen LogP contribution in [0.25, 0.3) is 10.9 Å². The number of piperidine rings is 1. The summed E-state index contributed by atoms with van der Waals surface area (Å²) < 4.78 is 0. The number of pyridine rings is 1. The normalized spacial score (nSPS) is 16.9. The second-order valence-corrected chi connectivity index (χ2v) is 5.84. The van der Waals surface area contributed by atoms with E-state index in [1.165, 1.54) is 23.8 Å². The third kappa shape index (κ3) is 2.84. The summed E-state index contributed by atoms with van der Waals surface area (Å²) in [5.41, 5.74) is 3.62. The van der Waals surface area contributed by atoms with E-state index in [1.807, 2.05) is 0 Å². The number of nitrogens with one attached hydrogen (secondary N) is 1. The molecule has 1 fully saturated rings. The summed E-state index contributed by atoms with van der Waals surface area (Å²) in [6.07, 6.45) is 2.50. The Morgan fingerprint density at radius 3 is 2.80 bits per heavy atom. The molecule has 0 amide bonds. The minimum atomic E-state index is 0.698. The zero-order chi connectivity index (χ0) is 13.9. The van der Waals surface area contributed by atoms with Gasteiger partial charge in [-0.3, -0.25) is 9.88 Å². The number of aryl methyl sites for hydroxylation is 1. The zero-order valence-corrected chi connectivity index (χ0v) is 12.4. The number of benzene rings is 1. The summed E-state index contributed by atoms with van der Waals surface area (Å²) in [6.45, 7) is 5.38. The number of rotatable bonds is 3. The molecule has 0 bridgehead atoms. The van der Waals surface area contributed by atoms with Crippen molar-refractivity contribution in [1.29, 1.82) is 0 Å². The summed E-state index contributed by atoms with van der Waals surface area (Å²) in [4.78, 5) is 7.13. The van der Waals surface area contributed by atoms with Gasteiger partial charge in [0.25, 0.3) is 0 Å². The molecule has 3 nitrogen and oxygen atoms in total. The molecule has 2 heterocycles. The standard InChI is InChI=1S/C17H23N3/c1-13-11-14(16-5-3-4-6-17(16)19-13)12-20(2)15-7-9-18-10-8-15/h3-6,11,15,18H,7-10,12H2,1-2H3. The van der Waals surface area contributed by atoms with E-state index < -0.39 is 0 Å². The Kier molecular flexibility index (Phi) is 3.99. The topological polar surface area (TPSA) is 28.2 Å². The molecule has 0 saturated carbocycles. The van der Waals surface area contributed by atoms with Gasteiger partial charge in [0.05, 0.1) is 5.52 Å². The number of fused-ring (bicyclic) bond motifs is 1. The first-order valence-corrected chi connectivity index (χ1v) is 7.50. The number of nitrogens with zero attached hydrogens (tertiary/aromatic N) is 2. The van der Waals surface area contributed by atoms with Gasteiger partial charge in [-0.15, -0.1) is 0 Å². The first kappa shape index (κ1) is 13.5. The summed E-state index contributed by atoms with van der Waals surface area (Å²) in [7, 11) is 2.25. The Morgan fingerprint density at radius 1 is 1.25 bits per heavy atom. The molecular formula is C17H23N3. The highest BCUT2D eigenvalue weighted by molar-refractivity contribution is 5.82. The van der Waals surface area contributed by atoms with Crippen molar-refractivity contribution in [1.82, 2.24) is 15.2 Å². The SMILES string of the molecule is Cc1cc(CN(C)C2CCNCC2)c2ccccc2n1. The fourth-order valence-corrected chi connectivity index (χ4v) is 3.17. The van der Waals surface area contributed by atoms with E-state index >= 15 is 0 Å². The van der Waals surface area contributed by atoms with Crippen LogP contribution in [0.5, 0.6) is 0 Å². The van der Waals surface area contributed by atoms with E-state index in [0.29, 0.717) is 6.04 Å². The molecule has 20 heavy (non-hydrogen) atoms. The second-order valence-electron chi connectivity index (χ2n) is 5.84. The van der Waals surface area contributed by atoms with Crippen molar-refractivity contribution in [3.63, 3.8) is 0 Å². The Balaban J connectivity index is 1.86. The summed E-state index contributed by atoms with van der Waals surface area (Å²) in [5.74, 6) is 0. The number of hydrogen-bond donors (Lipinski definition) is 1. The van der Waals surface area contributed by atoms with E-state index in [1.54, 1.807) is 0 Å². The summed E-state index contributed by atoms with van der Waals surface area (Å²) in [6, 6.07) is 11.4. The Bertz CT molecular complexity index is 588. The third-order valence-electron chi connectivity index (χ3n) is 4.28. The molecule has 1 saturated heterocycles. The monoisotopic (exact) mass is 269 g/mol. The first-order chi connectivity index (χ1) is 9.74. The fraction of sp³-hybridized carbons (Fsp3) is 0.471. The molecular weight excluding hydrogens is 246 g/mol. The quantitative estimate of drug-likeness (QED) is 0.928. The molecule has 1 N–H and O–H groups in total. The minimum absolute atomic E-state index is 0.698. The van der Waals surface area contributed by atoms with Crippen molar-refractivity contribution < 1.29 is 0 Å². The molecule has 0 unspecified atom stereocenters. The van der Waals surface area contributed by atoms with Crippen LogP contribution in [-0.2, 0) is 6.54 Å². The Hall–Kier alpha value is -1.45.